The van der Waals surface area contributed by atoms with Crippen molar-refractivity contribution in [3.05, 3.63) is 23.2 Å². The number of anilines is 1. The van der Waals surface area contributed by atoms with Gasteiger partial charge in [0.25, 0.3) is 0 Å². The summed E-state index contributed by atoms with van der Waals surface area (Å²) >= 11 is 7.61. The van der Waals surface area contributed by atoms with Crippen LogP contribution in [-0.4, -0.2) is 49.4 Å². The van der Waals surface area contributed by atoms with Gasteiger partial charge in [-0.15, -0.1) is 0 Å². The van der Waals surface area contributed by atoms with E-state index in [4.69, 9.17) is 16.3 Å². The number of carbonyl (C=O) groups excluding carboxylic acids is 1. The summed E-state index contributed by atoms with van der Waals surface area (Å²) in [5.74, 6) is 0.513. The Morgan fingerprint density at radius 2 is 2.19 bits per heavy atom. The molecule has 2 heterocycles. The fourth-order valence-corrected chi connectivity index (χ4v) is 7.35. The Balaban J connectivity index is 1.96. The van der Waals surface area contributed by atoms with Crippen LogP contribution in [0.3, 0.4) is 0 Å². The fourth-order valence-electron chi connectivity index (χ4n) is 3.16. The first-order valence-electron chi connectivity index (χ1n) is 8.46. The van der Waals surface area contributed by atoms with E-state index in [-0.39, 0.29) is 28.7 Å². The third kappa shape index (κ3) is 4.02. The van der Waals surface area contributed by atoms with E-state index in [2.05, 4.69) is 4.99 Å². The van der Waals surface area contributed by atoms with Crippen molar-refractivity contribution < 1.29 is 17.9 Å². The zero-order valence-electron chi connectivity index (χ0n) is 14.6. The first-order chi connectivity index (χ1) is 12.3. The van der Waals surface area contributed by atoms with Gasteiger partial charge in [-0.25, -0.2) is 8.42 Å². The van der Waals surface area contributed by atoms with Crippen LogP contribution in [0.2, 0.25) is 5.02 Å². The van der Waals surface area contributed by atoms with E-state index in [1.807, 2.05) is 17.9 Å². The second kappa shape index (κ2) is 7.78. The SMILES string of the molecule is CCCCC(=O)N=C1S[C@H]2CS(=O)(=O)C[C@@H]2N1c1ccc(OC)c(Cl)c1. The van der Waals surface area contributed by atoms with Crippen molar-refractivity contribution in [2.75, 3.05) is 23.5 Å². The summed E-state index contributed by atoms with van der Waals surface area (Å²) < 4.78 is 29.3. The lowest BCUT2D eigenvalue weighted by molar-refractivity contribution is -0.117. The second-order valence-corrected chi connectivity index (χ2v) is 10.1. The standard InChI is InChI=1S/C17H21ClN2O4S2/c1-3-4-5-16(21)19-17-20(11-6-7-14(24-2)12(18)8-11)13-9-26(22,23)10-15(13)25-17/h6-8,13,15H,3-5,9-10H2,1-2H3/t13-,15-/m0/s1. The van der Waals surface area contributed by atoms with E-state index in [1.54, 1.807) is 12.1 Å². The minimum Gasteiger partial charge on any atom is -0.495 e. The number of aliphatic imine (C=N–C) groups is 1. The molecule has 0 radical (unpaired) electrons. The number of halogens is 1. The lowest BCUT2D eigenvalue weighted by Crippen LogP contribution is -2.37. The molecule has 3 rings (SSSR count). The van der Waals surface area contributed by atoms with Crippen molar-refractivity contribution in [3.8, 4) is 5.75 Å². The summed E-state index contributed by atoms with van der Waals surface area (Å²) in [4.78, 5) is 18.3. The number of hydrogen-bond acceptors (Lipinski definition) is 5. The third-order valence-corrected chi connectivity index (χ3v) is 7.95. The molecule has 1 aromatic rings. The number of thioether (sulfide) groups is 1. The van der Waals surface area contributed by atoms with E-state index >= 15 is 0 Å². The lowest BCUT2D eigenvalue weighted by atomic mass is 10.2. The number of unbranched alkanes of at least 4 members (excludes halogenated alkanes) is 1. The number of methoxy groups -OCH3 is 1. The molecule has 142 valence electrons. The molecule has 0 aliphatic carbocycles. The predicted molar refractivity (Wildman–Crippen MR) is 106 cm³/mol. The third-order valence-electron chi connectivity index (χ3n) is 4.44. The Hall–Kier alpha value is -1.25. The van der Waals surface area contributed by atoms with Crippen LogP contribution in [-0.2, 0) is 14.6 Å². The molecule has 2 saturated heterocycles. The normalized spacial score (nSPS) is 25.5. The van der Waals surface area contributed by atoms with Gasteiger partial charge in [0.1, 0.15) is 5.75 Å². The molecular weight excluding hydrogens is 396 g/mol. The Bertz CT molecular complexity index is 841. The Morgan fingerprint density at radius 3 is 2.85 bits per heavy atom. The molecule has 0 aromatic heterocycles. The number of nitrogens with zero attached hydrogens (tertiary/aromatic N) is 2. The van der Waals surface area contributed by atoms with Crippen LogP contribution < -0.4 is 9.64 Å². The van der Waals surface area contributed by atoms with Gasteiger partial charge in [0.05, 0.1) is 29.7 Å². The Kier molecular flexibility index (Phi) is 5.84. The monoisotopic (exact) mass is 416 g/mol. The zero-order valence-corrected chi connectivity index (χ0v) is 17.0. The molecule has 2 aliphatic heterocycles. The molecule has 0 spiro atoms. The summed E-state index contributed by atoms with van der Waals surface area (Å²) in [6, 6.07) is 5.02. The highest BCUT2D eigenvalue weighted by Crippen LogP contribution is 2.42. The summed E-state index contributed by atoms with van der Waals surface area (Å²) in [6.07, 6.45) is 2.10. The number of rotatable bonds is 5. The summed E-state index contributed by atoms with van der Waals surface area (Å²) in [7, 11) is -1.56. The van der Waals surface area contributed by atoms with Gasteiger partial charge in [0, 0.05) is 17.4 Å². The number of carbonyl (C=O) groups is 1. The molecular formula is C17H21ClN2O4S2. The van der Waals surface area contributed by atoms with Gasteiger partial charge in [-0.3, -0.25) is 4.79 Å². The number of sulfone groups is 1. The molecule has 0 unspecified atom stereocenters. The maximum Gasteiger partial charge on any atom is 0.248 e. The minimum atomic E-state index is -3.10. The largest absolute Gasteiger partial charge is 0.495 e. The Morgan fingerprint density at radius 1 is 1.42 bits per heavy atom. The average molecular weight is 417 g/mol. The number of ether oxygens (including phenoxy) is 1. The van der Waals surface area contributed by atoms with Crippen LogP contribution in [0, 0.1) is 0 Å². The maximum absolute atomic E-state index is 12.2. The number of benzene rings is 1. The van der Waals surface area contributed by atoms with Gasteiger partial charge in [0.2, 0.25) is 5.91 Å². The lowest BCUT2D eigenvalue weighted by Gasteiger charge is -2.25. The molecule has 1 aromatic carbocycles. The van der Waals surface area contributed by atoms with Crippen molar-refractivity contribution in [2.45, 2.75) is 37.5 Å². The van der Waals surface area contributed by atoms with Gasteiger partial charge in [-0.05, 0) is 24.6 Å². The number of amides is 1. The van der Waals surface area contributed by atoms with Crippen LogP contribution in [0.4, 0.5) is 5.69 Å². The van der Waals surface area contributed by atoms with Gasteiger partial charge >= 0.3 is 0 Å². The van der Waals surface area contributed by atoms with Gasteiger partial charge in [0.15, 0.2) is 15.0 Å². The average Bonchev–Trinajstić information content (AvgIpc) is 3.03. The molecule has 9 heteroatoms. The molecule has 2 fully saturated rings. The quantitative estimate of drug-likeness (QED) is 0.733. The van der Waals surface area contributed by atoms with Crippen molar-refractivity contribution in [1.29, 1.82) is 0 Å². The number of fused-ring (bicyclic) bond motifs is 1. The number of amidine groups is 1. The van der Waals surface area contributed by atoms with Crippen LogP contribution >= 0.6 is 23.4 Å². The molecule has 2 atom stereocenters. The van der Waals surface area contributed by atoms with Gasteiger partial charge < -0.3 is 9.64 Å². The Labute approximate surface area is 162 Å². The molecule has 2 aliphatic rings. The highest BCUT2D eigenvalue weighted by atomic mass is 35.5. The highest BCUT2D eigenvalue weighted by Gasteiger charge is 2.49. The topological polar surface area (TPSA) is 76.0 Å². The summed E-state index contributed by atoms with van der Waals surface area (Å²) in [5.41, 5.74) is 0.718. The molecule has 6 nitrogen and oxygen atoms in total. The van der Waals surface area contributed by atoms with E-state index in [9.17, 15) is 13.2 Å². The van der Waals surface area contributed by atoms with Crippen molar-refractivity contribution in [1.82, 2.24) is 0 Å². The van der Waals surface area contributed by atoms with E-state index in [1.165, 1.54) is 18.9 Å². The zero-order chi connectivity index (χ0) is 18.9. The summed E-state index contributed by atoms with van der Waals surface area (Å²) in [5, 5.41) is 0.854. The fraction of sp³-hybridized carbons (Fsp3) is 0.529. The molecule has 26 heavy (non-hydrogen) atoms. The smallest absolute Gasteiger partial charge is 0.248 e. The predicted octanol–water partition coefficient (Wildman–Crippen LogP) is 3.14. The molecule has 1 amide bonds. The van der Waals surface area contributed by atoms with Crippen molar-refractivity contribution in [3.63, 3.8) is 0 Å². The molecule has 0 bridgehead atoms. The molecule has 0 N–H and O–H groups in total. The molecule has 0 saturated carbocycles. The van der Waals surface area contributed by atoms with Gasteiger partial charge in [-0.1, -0.05) is 36.7 Å². The van der Waals surface area contributed by atoms with Crippen molar-refractivity contribution >= 4 is 50.0 Å². The minimum absolute atomic E-state index is 0.0521. The van der Waals surface area contributed by atoms with Crippen LogP contribution in [0.5, 0.6) is 5.75 Å². The number of hydrogen-bond donors (Lipinski definition) is 0. The highest BCUT2D eigenvalue weighted by molar-refractivity contribution is 8.16. The second-order valence-electron chi connectivity index (χ2n) is 6.38. The van der Waals surface area contributed by atoms with Gasteiger partial charge in [-0.2, -0.15) is 4.99 Å². The van der Waals surface area contributed by atoms with Crippen molar-refractivity contribution in [2.24, 2.45) is 4.99 Å². The summed E-state index contributed by atoms with van der Waals surface area (Å²) in [6.45, 7) is 2.02. The van der Waals surface area contributed by atoms with E-state index in [0.29, 0.717) is 22.4 Å². The van der Waals surface area contributed by atoms with Crippen LogP contribution in [0.25, 0.3) is 0 Å². The van der Waals surface area contributed by atoms with Crippen LogP contribution in [0.1, 0.15) is 26.2 Å². The first-order valence-corrected chi connectivity index (χ1v) is 11.5. The van der Waals surface area contributed by atoms with Crippen LogP contribution in [0.15, 0.2) is 23.2 Å². The maximum atomic E-state index is 12.2. The first kappa shape index (κ1) is 19.5. The van der Waals surface area contributed by atoms with E-state index < -0.39 is 9.84 Å². The van der Waals surface area contributed by atoms with E-state index in [0.717, 1.165) is 18.5 Å².